The zero-order chi connectivity index (χ0) is 13.4. The highest BCUT2D eigenvalue weighted by Crippen LogP contribution is 2.27. The van der Waals surface area contributed by atoms with Gasteiger partial charge in [-0.15, -0.1) is 0 Å². The van der Waals surface area contributed by atoms with Crippen molar-refractivity contribution in [1.82, 2.24) is 14.6 Å². The van der Waals surface area contributed by atoms with Gasteiger partial charge in [0, 0.05) is 6.07 Å². The number of aryl methyl sites for hydroxylation is 1. The molecule has 2 aromatic heterocycles. The first-order valence-electron chi connectivity index (χ1n) is 5.72. The Bertz CT molecular complexity index is 779. The fourth-order valence-corrected chi connectivity index (χ4v) is 1.98. The van der Waals surface area contributed by atoms with Crippen LogP contribution in [0.1, 0.15) is 5.69 Å². The number of fused-ring (bicyclic) bond motifs is 1. The lowest BCUT2D eigenvalue weighted by Gasteiger charge is -2.03. The molecule has 2 heterocycles. The number of benzene rings is 1. The Morgan fingerprint density at radius 1 is 1.21 bits per heavy atom. The van der Waals surface area contributed by atoms with Gasteiger partial charge in [0.25, 0.3) is 5.69 Å². The summed E-state index contributed by atoms with van der Waals surface area (Å²) in [6.45, 7) is 1.89. The monoisotopic (exact) mass is 254 g/mol. The van der Waals surface area contributed by atoms with Crippen molar-refractivity contribution in [3.05, 3.63) is 58.4 Å². The molecule has 6 heteroatoms. The molecule has 0 N–H and O–H groups in total. The fourth-order valence-electron chi connectivity index (χ4n) is 1.98. The Kier molecular flexibility index (Phi) is 2.49. The summed E-state index contributed by atoms with van der Waals surface area (Å²) < 4.78 is 1.67. The fraction of sp³-hybridized carbons (Fsp3) is 0.0769. The summed E-state index contributed by atoms with van der Waals surface area (Å²) in [6.07, 6.45) is 1.71. The highest BCUT2D eigenvalue weighted by molar-refractivity contribution is 5.70. The van der Waals surface area contributed by atoms with Gasteiger partial charge < -0.3 is 0 Å². The summed E-state index contributed by atoms with van der Waals surface area (Å²) >= 11 is 0. The lowest BCUT2D eigenvalue weighted by atomic mass is 10.1. The Morgan fingerprint density at radius 2 is 2.00 bits per heavy atom. The van der Waals surface area contributed by atoms with E-state index in [1.807, 2.05) is 6.92 Å². The SMILES string of the molecule is Cc1cnc2ccc(-c3ccccc3[N+](=O)[O-])nn12. The lowest BCUT2D eigenvalue weighted by Crippen LogP contribution is -1.98. The van der Waals surface area contributed by atoms with Gasteiger partial charge in [0.15, 0.2) is 5.65 Å². The van der Waals surface area contributed by atoms with Gasteiger partial charge >= 0.3 is 0 Å². The number of nitro benzene ring substituents is 1. The number of aromatic nitrogens is 3. The molecule has 0 fully saturated rings. The van der Waals surface area contributed by atoms with Crippen LogP contribution in [-0.2, 0) is 0 Å². The third kappa shape index (κ3) is 1.83. The van der Waals surface area contributed by atoms with Crippen molar-refractivity contribution in [1.29, 1.82) is 0 Å². The van der Waals surface area contributed by atoms with E-state index in [-0.39, 0.29) is 5.69 Å². The minimum Gasteiger partial charge on any atom is -0.258 e. The van der Waals surface area contributed by atoms with Crippen molar-refractivity contribution < 1.29 is 4.92 Å². The molecular formula is C13H10N4O2. The van der Waals surface area contributed by atoms with E-state index in [9.17, 15) is 10.1 Å². The van der Waals surface area contributed by atoms with Crippen molar-refractivity contribution in [2.75, 3.05) is 0 Å². The molecule has 0 atom stereocenters. The van der Waals surface area contributed by atoms with E-state index >= 15 is 0 Å². The first-order valence-corrected chi connectivity index (χ1v) is 5.72. The third-order valence-electron chi connectivity index (χ3n) is 2.91. The molecule has 3 aromatic rings. The van der Waals surface area contributed by atoms with Gasteiger partial charge in [-0.2, -0.15) is 5.10 Å². The average Bonchev–Trinajstić information content (AvgIpc) is 2.80. The number of hydrogen-bond donors (Lipinski definition) is 0. The van der Waals surface area contributed by atoms with Gasteiger partial charge in [0.1, 0.15) is 0 Å². The van der Waals surface area contributed by atoms with Crippen LogP contribution in [0.2, 0.25) is 0 Å². The highest BCUT2D eigenvalue weighted by Gasteiger charge is 2.15. The smallest absolute Gasteiger partial charge is 0.258 e. The maximum atomic E-state index is 11.0. The van der Waals surface area contributed by atoms with E-state index in [0.717, 1.165) is 11.3 Å². The minimum atomic E-state index is -0.401. The standard InChI is InChI=1S/C13H10N4O2/c1-9-8-14-13-7-6-11(15-16(9)13)10-4-2-3-5-12(10)17(18)19/h2-8H,1H3. The third-order valence-corrected chi connectivity index (χ3v) is 2.91. The molecule has 0 spiro atoms. The molecule has 6 nitrogen and oxygen atoms in total. The van der Waals surface area contributed by atoms with Gasteiger partial charge in [0.2, 0.25) is 0 Å². The molecule has 0 aliphatic rings. The number of rotatable bonds is 2. The summed E-state index contributed by atoms with van der Waals surface area (Å²) in [5.41, 5.74) is 2.71. The minimum absolute atomic E-state index is 0.0483. The van der Waals surface area contributed by atoms with Crippen LogP contribution in [0.15, 0.2) is 42.6 Å². The molecule has 3 rings (SSSR count). The van der Waals surface area contributed by atoms with Crippen molar-refractivity contribution >= 4 is 11.3 Å². The predicted molar refractivity (Wildman–Crippen MR) is 69.8 cm³/mol. The van der Waals surface area contributed by atoms with E-state index in [1.165, 1.54) is 6.07 Å². The van der Waals surface area contributed by atoms with E-state index < -0.39 is 4.92 Å². The molecule has 19 heavy (non-hydrogen) atoms. The Morgan fingerprint density at radius 3 is 2.79 bits per heavy atom. The normalized spacial score (nSPS) is 10.8. The Labute approximate surface area is 108 Å². The summed E-state index contributed by atoms with van der Waals surface area (Å²) in [7, 11) is 0. The number of para-hydroxylation sites is 1. The van der Waals surface area contributed by atoms with Crippen molar-refractivity contribution in [2.24, 2.45) is 0 Å². The molecule has 0 saturated carbocycles. The molecule has 0 radical (unpaired) electrons. The van der Waals surface area contributed by atoms with E-state index in [0.29, 0.717) is 11.3 Å². The highest BCUT2D eigenvalue weighted by atomic mass is 16.6. The second-order valence-electron chi connectivity index (χ2n) is 4.16. The first-order chi connectivity index (χ1) is 9.16. The van der Waals surface area contributed by atoms with Crippen LogP contribution >= 0.6 is 0 Å². The summed E-state index contributed by atoms with van der Waals surface area (Å²) in [5.74, 6) is 0. The molecule has 0 unspecified atom stereocenters. The summed E-state index contributed by atoms with van der Waals surface area (Å²) in [4.78, 5) is 14.8. The lowest BCUT2D eigenvalue weighted by molar-refractivity contribution is -0.384. The second kappa shape index (κ2) is 4.16. The van der Waals surface area contributed by atoms with Crippen molar-refractivity contribution in [2.45, 2.75) is 6.92 Å². The summed E-state index contributed by atoms with van der Waals surface area (Å²) in [6, 6.07) is 10.1. The van der Waals surface area contributed by atoms with Gasteiger partial charge in [-0.1, -0.05) is 12.1 Å². The van der Waals surface area contributed by atoms with Crippen LogP contribution in [0.4, 0.5) is 5.69 Å². The number of nitro groups is 1. The second-order valence-corrected chi connectivity index (χ2v) is 4.16. The predicted octanol–water partition coefficient (Wildman–Crippen LogP) is 2.61. The summed E-state index contributed by atoms with van der Waals surface area (Å²) in [5, 5.41) is 15.4. The maximum Gasteiger partial charge on any atom is 0.278 e. The van der Waals surface area contributed by atoms with E-state index in [2.05, 4.69) is 10.1 Å². The van der Waals surface area contributed by atoms with Crippen molar-refractivity contribution in [3.8, 4) is 11.3 Å². The largest absolute Gasteiger partial charge is 0.278 e. The molecule has 1 aromatic carbocycles. The molecule has 0 aliphatic heterocycles. The van der Waals surface area contributed by atoms with Gasteiger partial charge in [-0.3, -0.25) is 10.1 Å². The Balaban J connectivity index is 2.24. The molecule has 94 valence electrons. The molecule has 0 saturated heterocycles. The van der Waals surface area contributed by atoms with Crippen molar-refractivity contribution in [3.63, 3.8) is 0 Å². The van der Waals surface area contributed by atoms with Crippen LogP contribution in [0.25, 0.3) is 16.9 Å². The van der Waals surface area contributed by atoms with Gasteiger partial charge in [-0.05, 0) is 25.1 Å². The van der Waals surface area contributed by atoms with Gasteiger partial charge in [-0.25, -0.2) is 9.50 Å². The zero-order valence-electron chi connectivity index (χ0n) is 10.1. The van der Waals surface area contributed by atoms with Gasteiger partial charge in [0.05, 0.1) is 28.1 Å². The zero-order valence-corrected chi connectivity index (χ0v) is 10.1. The Hall–Kier alpha value is -2.76. The van der Waals surface area contributed by atoms with E-state index in [4.69, 9.17) is 0 Å². The molecule has 0 bridgehead atoms. The van der Waals surface area contributed by atoms with Crippen LogP contribution < -0.4 is 0 Å². The van der Waals surface area contributed by atoms with E-state index in [1.54, 1.807) is 41.0 Å². The van der Waals surface area contributed by atoms with Crippen LogP contribution in [0.3, 0.4) is 0 Å². The van der Waals surface area contributed by atoms with Crippen LogP contribution in [0, 0.1) is 17.0 Å². The molecule has 0 amide bonds. The quantitative estimate of drug-likeness (QED) is 0.520. The first kappa shape index (κ1) is 11.3. The van der Waals surface area contributed by atoms with Crippen LogP contribution in [-0.4, -0.2) is 19.5 Å². The molecule has 0 aliphatic carbocycles. The molecular weight excluding hydrogens is 244 g/mol. The average molecular weight is 254 g/mol. The topological polar surface area (TPSA) is 73.3 Å². The van der Waals surface area contributed by atoms with Crippen LogP contribution in [0.5, 0.6) is 0 Å². The number of imidazole rings is 1. The number of nitrogens with zero attached hydrogens (tertiary/aromatic N) is 4. The maximum absolute atomic E-state index is 11.0. The number of hydrogen-bond acceptors (Lipinski definition) is 4.